The molecule has 12 heteroatoms. The molecule has 0 atom stereocenters. The highest BCUT2D eigenvalue weighted by Gasteiger charge is 2.53. The molecular weight excluding hydrogens is 531 g/mol. The summed E-state index contributed by atoms with van der Waals surface area (Å²) in [6.07, 6.45) is 4.39. The first-order valence-electron chi connectivity index (χ1n) is 12.3. The van der Waals surface area contributed by atoms with Gasteiger partial charge in [-0.05, 0) is 37.1 Å². The Bertz CT molecular complexity index is 1650. The number of rotatable bonds is 6. The van der Waals surface area contributed by atoms with Gasteiger partial charge >= 0.3 is 0 Å². The van der Waals surface area contributed by atoms with E-state index in [-0.39, 0.29) is 16.2 Å². The van der Waals surface area contributed by atoms with Gasteiger partial charge in [0.2, 0.25) is 5.95 Å². The van der Waals surface area contributed by atoms with Crippen molar-refractivity contribution in [3.63, 3.8) is 0 Å². The van der Waals surface area contributed by atoms with E-state index in [1.54, 1.807) is 25.1 Å². The average molecular weight is 555 g/mol. The third-order valence-electron chi connectivity index (χ3n) is 7.25. The highest BCUT2D eigenvalue weighted by Crippen LogP contribution is 2.49. The molecule has 0 radical (unpaired) electrons. The van der Waals surface area contributed by atoms with Gasteiger partial charge in [-0.3, -0.25) is 4.79 Å². The summed E-state index contributed by atoms with van der Waals surface area (Å²) in [5.74, 6) is 0.405. The van der Waals surface area contributed by atoms with Crippen LogP contribution >= 0.6 is 11.6 Å². The third-order valence-corrected chi connectivity index (χ3v) is 9.17. The first kappa shape index (κ1) is 24.7. The zero-order valence-corrected chi connectivity index (χ0v) is 22.1. The zero-order chi connectivity index (χ0) is 26.7. The number of carbonyl (C=O) groups excluding carboxylic acids is 1. The van der Waals surface area contributed by atoms with Crippen molar-refractivity contribution in [2.75, 3.05) is 29.4 Å². The quantitative estimate of drug-likeness (QED) is 0.325. The molecule has 1 aliphatic heterocycles. The van der Waals surface area contributed by atoms with Gasteiger partial charge in [0.05, 0.1) is 38.8 Å². The Kier molecular flexibility index (Phi) is 5.88. The maximum absolute atomic E-state index is 13.7. The molecule has 38 heavy (non-hydrogen) atoms. The lowest BCUT2D eigenvalue weighted by Gasteiger charge is -2.42. The van der Waals surface area contributed by atoms with Crippen molar-refractivity contribution in [3.8, 4) is 0 Å². The Morgan fingerprint density at radius 3 is 2.45 bits per heavy atom. The number of halogens is 2. The SMILES string of the molecule is CCC(=O)c1ccc(S(=O)(=O)n2nc(N3CCN(c4ncc(F)cn4)CC34CC4)c3c(Cl)cccc32)cc1. The largest absolute Gasteiger partial charge is 0.345 e. The Balaban J connectivity index is 1.40. The Morgan fingerprint density at radius 2 is 1.79 bits per heavy atom. The van der Waals surface area contributed by atoms with Gasteiger partial charge in [0.15, 0.2) is 17.4 Å². The number of hydrogen-bond acceptors (Lipinski definition) is 8. The van der Waals surface area contributed by atoms with Crippen LogP contribution in [0.4, 0.5) is 16.2 Å². The van der Waals surface area contributed by atoms with E-state index in [1.807, 2.05) is 4.90 Å². The number of aromatic nitrogens is 4. The molecule has 2 aromatic carbocycles. The summed E-state index contributed by atoms with van der Waals surface area (Å²) in [6.45, 7) is 3.43. The first-order valence-corrected chi connectivity index (χ1v) is 14.1. The maximum Gasteiger partial charge on any atom is 0.283 e. The Hall–Kier alpha value is -3.57. The lowest BCUT2D eigenvalue weighted by molar-refractivity contribution is 0.0988. The van der Waals surface area contributed by atoms with Gasteiger partial charge in [-0.2, -0.15) is 12.5 Å². The van der Waals surface area contributed by atoms with E-state index in [2.05, 4.69) is 20.0 Å². The number of piperazine rings is 1. The standard InChI is InChI=1S/C26H24ClFN6O3S/c1-2-22(35)17-6-8-19(9-7-17)38(36,37)34-21-5-3-4-20(27)23(21)24(31-34)33-13-12-32(16-26(33)10-11-26)25-29-14-18(28)15-30-25/h3-9,14-15H,2,10-13,16H2,1H3. The van der Waals surface area contributed by atoms with E-state index in [9.17, 15) is 17.6 Å². The summed E-state index contributed by atoms with van der Waals surface area (Å²) in [5.41, 5.74) is 0.549. The highest BCUT2D eigenvalue weighted by atomic mass is 35.5. The van der Waals surface area contributed by atoms with Crippen LogP contribution in [0.1, 0.15) is 36.5 Å². The lowest BCUT2D eigenvalue weighted by atomic mass is 10.1. The molecule has 1 aliphatic carbocycles. The van der Waals surface area contributed by atoms with Crippen molar-refractivity contribution in [2.24, 2.45) is 0 Å². The molecule has 0 N–H and O–H groups in total. The normalized spacial score (nSPS) is 16.8. The summed E-state index contributed by atoms with van der Waals surface area (Å²) in [4.78, 5) is 24.5. The molecule has 9 nitrogen and oxygen atoms in total. The van der Waals surface area contributed by atoms with Crippen molar-refractivity contribution in [1.82, 2.24) is 19.2 Å². The van der Waals surface area contributed by atoms with Crippen LogP contribution in [0.15, 0.2) is 59.8 Å². The number of Topliss-reactive ketones (excluding diaryl/α,β-unsaturated/α-hetero) is 1. The van der Waals surface area contributed by atoms with Crippen molar-refractivity contribution in [2.45, 2.75) is 36.6 Å². The van der Waals surface area contributed by atoms with Gasteiger partial charge in [-0.15, -0.1) is 5.10 Å². The van der Waals surface area contributed by atoms with E-state index < -0.39 is 15.8 Å². The second-order valence-electron chi connectivity index (χ2n) is 9.61. The van der Waals surface area contributed by atoms with Gasteiger partial charge in [-0.1, -0.05) is 36.7 Å². The van der Waals surface area contributed by atoms with Gasteiger partial charge in [0.1, 0.15) is 0 Å². The van der Waals surface area contributed by atoms with Crippen LogP contribution in [-0.4, -0.2) is 58.5 Å². The Labute approximate surface area is 223 Å². The summed E-state index contributed by atoms with van der Waals surface area (Å²) >= 11 is 6.64. The summed E-state index contributed by atoms with van der Waals surface area (Å²) < 4.78 is 41.9. The molecule has 0 unspecified atom stereocenters. The number of benzene rings is 2. The molecule has 1 spiro atoms. The summed E-state index contributed by atoms with van der Waals surface area (Å²) in [5, 5.41) is 5.61. The van der Waals surface area contributed by atoms with E-state index in [0.29, 0.717) is 59.3 Å². The molecule has 0 amide bonds. The molecule has 1 saturated carbocycles. The minimum absolute atomic E-state index is 0.0282. The minimum atomic E-state index is -4.08. The fraction of sp³-hybridized carbons (Fsp3) is 0.308. The number of anilines is 2. The fourth-order valence-corrected chi connectivity index (χ4v) is 6.62. The van der Waals surface area contributed by atoms with E-state index >= 15 is 0 Å². The van der Waals surface area contributed by atoms with Gasteiger partial charge in [0, 0.05) is 31.6 Å². The predicted molar refractivity (Wildman–Crippen MR) is 142 cm³/mol. The van der Waals surface area contributed by atoms with E-state index in [0.717, 1.165) is 29.3 Å². The highest BCUT2D eigenvalue weighted by molar-refractivity contribution is 7.90. The number of carbonyl (C=O) groups is 1. The number of hydrogen-bond donors (Lipinski definition) is 0. The average Bonchev–Trinajstić information content (AvgIpc) is 3.56. The smallest absolute Gasteiger partial charge is 0.283 e. The number of fused-ring (bicyclic) bond motifs is 1. The number of nitrogens with zero attached hydrogens (tertiary/aromatic N) is 6. The molecule has 4 aromatic rings. The molecule has 3 heterocycles. The van der Waals surface area contributed by atoms with Crippen molar-refractivity contribution >= 4 is 50.1 Å². The number of ketones is 1. The minimum Gasteiger partial charge on any atom is -0.345 e. The summed E-state index contributed by atoms with van der Waals surface area (Å²) in [7, 11) is -4.08. The van der Waals surface area contributed by atoms with Crippen LogP contribution < -0.4 is 9.80 Å². The molecule has 6 rings (SSSR count). The monoisotopic (exact) mass is 554 g/mol. The second kappa shape index (κ2) is 9.02. The fourth-order valence-electron chi connectivity index (χ4n) is 5.09. The van der Waals surface area contributed by atoms with Crippen molar-refractivity contribution in [1.29, 1.82) is 0 Å². The zero-order valence-electron chi connectivity index (χ0n) is 20.5. The van der Waals surface area contributed by atoms with E-state index in [4.69, 9.17) is 11.6 Å². The van der Waals surface area contributed by atoms with Crippen LogP contribution in [0, 0.1) is 5.82 Å². The topological polar surface area (TPSA) is 101 Å². The van der Waals surface area contributed by atoms with Crippen LogP contribution in [0.25, 0.3) is 10.9 Å². The molecule has 0 bridgehead atoms. The second-order valence-corrected chi connectivity index (χ2v) is 11.8. The molecule has 2 aliphatic rings. The lowest BCUT2D eigenvalue weighted by Crippen LogP contribution is -2.56. The third kappa shape index (κ3) is 4.01. The van der Waals surface area contributed by atoms with Gasteiger partial charge < -0.3 is 9.80 Å². The van der Waals surface area contributed by atoms with Crippen LogP contribution in [0.3, 0.4) is 0 Å². The molecular formula is C26H24ClFN6O3S. The summed E-state index contributed by atoms with van der Waals surface area (Å²) in [6, 6.07) is 11.0. The Morgan fingerprint density at radius 1 is 1.08 bits per heavy atom. The van der Waals surface area contributed by atoms with Crippen LogP contribution in [0.5, 0.6) is 0 Å². The molecule has 196 valence electrons. The first-order chi connectivity index (χ1) is 18.2. The van der Waals surface area contributed by atoms with Crippen molar-refractivity contribution < 1.29 is 17.6 Å². The van der Waals surface area contributed by atoms with Crippen LogP contribution in [0.2, 0.25) is 5.02 Å². The predicted octanol–water partition coefficient (Wildman–Crippen LogP) is 4.31. The van der Waals surface area contributed by atoms with Gasteiger partial charge in [-0.25, -0.2) is 14.4 Å². The maximum atomic E-state index is 13.7. The van der Waals surface area contributed by atoms with Gasteiger partial charge in [0.25, 0.3) is 10.0 Å². The van der Waals surface area contributed by atoms with Crippen LogP contribution in [-0.2, 0) is 10.0 Å². The molecule has 2 aromatic heterocycles. The molecule has 2 fully saturated rings. The van der Waals surface area contributed by atoms with Crippen molar-refractivity contribution in [3.05, 3.63) is 71.3 Å². The van der Waals surface area contributed by atoms with E-state index in [1.165, 1.54) is 24.3 Å². The molecule has 1 saturated heterocycles.